The number of aromatic nitrogens is 4. The molecule has 1 aliphatic carbocycles. The molecule has 0 bridgehead atoms. The molecule has 4 nitrogen and oxygen atoms in total. The first-order chi connectivity index (χ1) is 22.5. The number of hydrogen-bond donors (Lipinski definition) is 0. The van der Waals surface area contributed by atoms with Gasteiger partial charge in [-0.15, -0.1) is 0 Å². The van der Waals surface area contributed by atoms with Gasteiger partial charge >= 0.3 is 0 Å². The second-order valence-corrected chi connectivity index (χ2v) is 11.6. The number of benzene rings is 4. The lowest BCUT2D eigenvalue weighted by Gasteiger charge is -2.21. The van der Waals surface area contributed by atoms with Crippen molar-refractivity contribution >= 4 is 18.2 Å². The van der Waals surface area contributed by atoms with Gasteiger partial charge in [0.25, 0.3) is 0 Å². The number of hydrogen-bond acceptors (Lipinski definition) is 4. The van der Waals surface area contributed by atoms with Crippen LogP contribution in [0.3, 0.4) is 0 Å². The topological polar surface area (TPSA) is 51.6 Å². The third-order valence-corrected chi connectivity index (χ3v) is 8.40. The van der Waals surface area contributed by atoms with Crippen molar-refractivity contribution in [3.05, 3.63) is 150 Å². The van der Waals surface area contributed by atoms with E-state index in [4.69, 9.17) is 19.9 Å². The van der Waals surface area contributed by atoms with Gasteiger partial charge in [0, 0.05) is 33.6 Å². The molecule has 6 aromatic rings. The first-order valence-corrected chi connectivity index (χ1v) is 15.6. The van der Waals surface area contributed by atoms with Crippen LogP contribution in [0, 0.1) is 13.8 Å². The number of allylic oxidation sites excluding steroid dienone is 1. The van der Waals surface area contributed by atoms with Gasteiger partial charge in [-0.2, -0.15) is 0 Å². The third kappa shape index (κ3) is 5.62. The van der Waals surface area contributed by atoms with Crippen molar-refractivity contribution in [1.82, 2.24) is 19.9 Å². The summed E-state index contributed by atoms with van der Waals surface area (Å²) < 4.78 is 0. The Balaban J connectivity index is 1.54. The van der Waals surface area contributed by atoms with E-state index in [1.165, 1.54) is 11.1 Å². The highest BCUT2D eigenvalue weighted by Crippen LogP contribution is 2.40. The van der Waals surface area contributed by atoms with E-state index in [1.54, 1.807) is 0 Å². The SMILES string of the molecule is C=Cc1cc2c(c(-c3cc(-c4nc(C)cc(C)n4)cc(-c4nc(-c5ccccc5)cc(-c5ccccc5)n4)c3)c1C=C)C=CCC2. The molecule has 0 N–H and O–H groups in total. The first-order valence-electron chi connectivity index (χ1n) is 15.6. The van der Waals surface area contributed by atoms with Crippen LogP contribution in [0.2, 0.25) is 0 Å². The first kappa shape index (κ1) is 29.0. The van der Waals surface area contributed by atoms with Crippen molar-refractivity contribution in [2.75, 3.05) is 0 Å². The summed E-state index contributed by atoms with van der Waals surface area (Å²) in [4.78, 5) is 20.1. The summed E-state index contributed by atoms with van der Waals surface area (Å²) in [6, 6.07) is 33.3. The summed E-state index contributed by atoms with van der Waals surface area (Å²) in [7, 11) is 0. The van der Waals surface area contributed by atoms with Gasteiger partial charge in [0.1, 0.15) is 0 Å². The maximum atomic E-state index is 5.17. The fourth-order valence-corrected chi connectivity index (χ4v) is 6.31. The summed E-state index contributed by atoms with van der Waals surface area (Å²) in [6.07, 6.45) is 10.4. The van der Waals surface area contributed by atoms with Gasteiger partial charge in [0.15, 0.2) is 11.6 Å². The van der Waals surface area contributed by atoms with Crippen LogP contribution in [0.1, 0.15) is 40.1 Å². The zero-order chi connectivity index (χ0) is 31.6. The fourth-order valence-electron chi connectivity index (χ4n) is 6.31. The number of fused-ring (bicyclic) bond motifs is 1. The predicted molar refractivity (Wildman–Crippen MR) is 192 cm³/mol. The van der Waals surface area contributed by atoms with Crippen molar-refractivity contribution in [1.29, 1.82) is 0 Å². The number of nitrogens with zero attached hydrogens (tertiary/aromatic N) is 4. The van der Waals surface area contributed by atoms with E-state index < -0.39 is 0 Å². The lowest BCUT2D eigenvalue weighted by Crippen LogP contribution is -2.03. The van der Waals surface area contributed by atoms with Crippen molar-refractivity contribution in [3.63, 3.8) is 0 Å². The van der Waals surface area contributed by atoms with E-state index >= 15 is 0 Å². The molecule has 0 aliphatic heterocycles. The van der Waals surface area contributed by atoms with Gasteiger partial charge in [-0.3, -0.25) is 0 Å². The van der Waals surface area contributed by atoms with Gasteiger partial charge in [-0.05, 0) is 90.4 Å². The predicted octanol–water partition coefficient (Wildman–Crippen LogP) is 10.5. The van der Waals surface area contributed by atoms with E-state index in [0.717, 1.165) is 80.1 Å². The van der Waals surface area contributed by atoms with Crippen LogP contribution in [0.15, 0.2) is 116 Å². The number of aryl methyl sites for hydroxylation is 3. The highest BCUT2D eigenvalue weighted by molar-refractivity contribution is 5.91. The van der Waals surface area contributed by atoms with E-state index in [2.05, 4.69) is 79.9 Å². The second-order valence-electron chi connectivity index (χ2n) is 11.6. The third-order valence-electron chi connectivity index (χ3n) is 8.40. The summed E-state index contributed by atoms with van der Waals surface area (Å²) >= 11 is 0. The average Bonchev–Trinajstić information content (AvgIpc) is 3.10. The standard InChI is InChI=1S/C42H34N4/c1-5-29-22-32-19-13-14-20-37(32)40(36(29)6-2)33-23-34(41-43-27(3)21-28(4)44-41)25-35(24-33)42-45-38(30-15-9-7-10-16-30)26-39(46-42)31-17-11-8-12-18-31/h5-12,14-18,20-26H,1-2,13,19H2,3-4H3. The van der Waals surface area contributed by atoms with Gasteiger partial charge in [-0.1, -0.05) is 104 Å². The Morgan fingerprint density at radius 1 is 0.587 bits per heavy atom. The molecule has 7 rings (SSSR count). The lowest BCUT2D eigenvalue weighted by atomic mass is 9.83. The molecule has 0 amide bonds. The molecule has 0 saturated carbocycles. The molecule has 0 radical (unpaired) electrons. The molecule has 4 heteroatoms. The minimum atomic E-state index is 0.636. The highest BCUT2D eigenvalue weighted by Gasteiger charge is 2.20. The van der Waals surface area contributed by atoms with E-state index in [1.807, 2.05) is 68.5 Å². The lowest BCUT2D eigenvalue weighted by molar-refractivity contribution is 0.985. The van der Waals surface area contributed by atoms with Crippen LogP contribution in [0.4, 0.5) is 0 Å². The molecule has 1 aliphatic rings. The van der Waals surface area contributed by atoms with E-state index in [0.29, 0.717) is 11.6 Å². The molecule has 0 unspecified atom stereocenters. The summed E-state index contributed by atoms with van der Waals surface area (Å²) in [6.45, 7) is 12.4. The van der Waals surface area contributed by atoms with Crippen LogP contribution in [0.5, 0.6) is 0 Å². The Hall–Kier alpha value is -5.74. The summed E-state index contributed by atoms with van der Waals surface area (Å²) in [5.74, 6) is 1.31. The Bertz CT molecular complexity index is 2070. The van der Waals surface area contributed by atoms with Crippen molar-refractivity contribution in [2.45, 2.75) is 26.7 Å². The second kappa shape index (κ2) is 12.3. The molecule has 4 aromatic carbocycles. The molecule has 0 atom stereocenters. The Morgan fingerprint density at radius 3 is 1.72 bits per heavy atom. The van der Waals surface area contributed by atoms with Crippen LogP contribution in [-0.2, 0) is 6.42 Å². The maximum Gasteiger partial charge on any atom is 0.160 e. The largest absolute Gasteiger partial charge is 0.233 e. The highest BCUT2D eigenvalue weighted by atomic mass is 14.9. The maximum absolute atomic E-state index is 5.17. The van der Waals surface area contributed by atoms with Crippen LogP contribution >= 0.6 is 0 Å². The van der Waals surface area contributed by atoms with Crippen LogP contribution in [-0.4, -0.2) is 19.9 Å². The average molecular weight is 595 g/mol. The molecule has 0 fully saturated rings. The van der Waals surface area contributed by atoms with E-state index in [9.17, 15) is 0 Å². The zero-order valence-electron chi connectivity index (χ0n) is 26.2. The molecule has 2 heterocycles. The minimum Gasteiger partial charge on any atom is -0.233 e. The Kier molecular flexibility index (Phi) is 7.78. The normalized spacial score (nSPS) is 12.0. The summed E-state index contributed by atoms with van der Waals surface area (Å²) in [5, 5.41) is 0. The minimum absolute atomic E-state index is 0.636. The quantitative estimate of drug-likeness (QED) is 0.184. The van der Waals surface area contributed by atoms with Crippen LogP contribution in [0.25, 0.3) is 74.6 Å². The Labute approximate surface area is 270 Å². The molecular weight excluding hydrogens is 560 g/mol. The van der Waals surface area contributed by atoms with Gasteiger partial charge in [0.05, 0.1) is 11.4 Å². The molecule has 0 spiro atoms. The molecule has 2 aromatic heterocycles. The van der Waals surface area contributed by atoms with Crippen molar-refractivity contribution in [3.8, 4) is 56.4 Å². The van der Waals surface area contributed by atoms with E-state index in [-0.39, 0.29) is 0 Å². The monoisotopic (exact) mass is 594 g/mol. The van der Waals surface area contributed by atoms with Gasteiger partial charge < -0.3 is 0 Å². The molecular formula is C42H34N4. The summed E-state index contributed by atoms with van der Waals surface area (Å²) in [5.41, 5.74) is 14.2. The smallest absolute Gasteiger partial charge is 0.160 e. The van der Waals surface area contributed by atoms with Crippen molar-refractivity contribution < 1.29 is 0 Å². The number of rotatable bonds is 7. The Morgan fingerprint density at radius 2 is 1.15 bits per heavy atom. The van der Waals surface area contributed by atoms with Gasteiger partial charge in [-0.25, -0.2) is 19.9 Å². The molecule has 46 heavy (non-hydrogen) atoms. The van der Waals surface area contributed by atoms with Gasteiger partial charge in [0.2, 0.25) is 0 Å². The van der Waals surface area contributed by atoms with Crippen LogP contribution < -0.4 is 0 Å². The molecule has 222 valence electrons. The van der Waals surface area contributed by atoms with Crippen molar-refractivity contribution in [2.24, 2.45) is 0 Å². The molecule has 0 saturated heterocycles. The zero-order valence-corrected chi connectivity index (χ0v) is 26.2. The fraction of sp³-hybridized carbons (Fsp3) is 0.0952.